The summed E-state index contributed by atoms with van der Waals surface area (Å²) < 4.78 is 0. The highest BCUT2D eigenvalue weighted by Crippen LogP contribution is 2.11. The van der Waals surface area contributed by atoms with Gasteiger partial charge in [0, 0.05) is 32.6 Å². The van der Waals surface area contributed by atoms with Gasteiger partial charge < -0.3 is 15.1 Å². The first-order valence-electron chi connectivity index (χ1n) is 8.06. The zero-order valence-electron chi connectivity index (χ0n) is 14.2. The summed E-state index contributed by atoms with van der Waals surface area (Å²) in [5, 5.41) is 2.94. The van der Waals surface area contributed by atoms with Crippen LogP contribution in [-0.4, -0.2) is 60.9 Å². The summed E-state index contributed by atoms with van der Waals surface area (Å²) in [7, 11) is 2.07. The van der Waals surface area contributed by atoms with Gasteiger partial charge in [-0.2, -0.15) is 0 Å². The van der Waals surface area contributed by atoms with E-state index in [-0.39, 0.29) is 17.9 Å². The number of rotatable bonds is 6. The fourth-order valence-electron chi connectivity index (χ4n) is 2.56. The molecule has 5 nitrogen and oxygen atoms in total. The minimum absolute atomic E-state index is 0.0156. The Hall–Kier alpha value is -1.10. The second-order valence-corrected chi connectivity index (χ2v) is 6.98. The van der Waals surface area contributed by atoms with E-state index >= 15 is 0 Å². The van der Waals surface area contributed by atoms with E-state index in [4.69, 9.17) is 0 Å². The van der Waals surface area contributed by atoms with Crippen LogP contribution < -0.4 is 5.32 Å². The number of hydrogen-bond donors (Lipinski definition) is 1. The molecule has 0 saturated carbocycles. The van der Waals surface area contributed by atoms with Gasteiger partial charge in [-0.25, -0.2) is 0 Å². The molecule has 5 heteroatoms. The Balaban J connectivity index is 2.63. The maximum atomic E-state index is 12.7. The van der Waals surface area contributed by atoms with E-state index in [1.807, 2.05) is 18.7 Å². The average Bonchev–Trinajstić information content (AvgIpc) is 2.36. The van der Waals surface area contributed by atoms with Crippen LogP contribution in [0.3, 0.4) is 0 Å². The smallest absolute Gasteiger partial charge is 0.245 e. The molecule has 0 aromatic carbocycles. The van der Waals surface area contributed by atoms with Gasteiger partial charge in [0.1, 0.15) is 6.04 Å². The van der Waals surface area contributed by atoms with Crippen LogP contribution in [0.15, 0.2) is 0 Å². The van der Waals surface area contributed by atoms with Gasteiger partial charge in [-0.15, -0.1) is 0 Å². The van der Waals surface area contributed by atoms with Gasteiger partial charge in [0.2, 0.25) is 11.8 Å². The normalized spacial score (nSPS) is 18.1. The lowest BCUT2D eigenvalue weighted by atomic mass is 10.0. The summed E-state index contributed by atoms with van der Waals surface area (Å²) in [6, 6.07) is -0.375. The van der Waals surface area contributed by atoms with Gasteiger partial charge in [-0.3, -0.25) is 9.59 Å². The van der Waals surface area contributed by atoms with Gasteiger partial charge in [0.25, 0.3) is 0 Å². The molecule has 122 valence electrons. The molecule has 0 unspecified atom stereocenters. The van der Waals surface area contributed by atoms with E-state index in [0.717, 1.165) is 26.2 Å². The Labute approximate surface area is 129 Å². The number of likely N-dealkylation sites (N-methyl/N-ethyl adjacent to an activating group) is 1. The number of piperazine rings is 1. The van der Waals surface area contributed by atoms with Crippen molar-refractivity contribution in [1.82, 2.24) is 15.1 Å². The molecule has 21 heavy (non-hydrogen) atoms. The molecule has 0 radical (unpaired) electrons. The quantitative estimate of drug-likeness (QED) is 0.805. The Kier molecular flexibility index (Phi) is 7.15. The van der Waals surface area contributed by atoms with Crippen molar-refractivity contribution in [3.63, 3.8) is 0 Å². The third-order valence-corrected chi connectivity index (χ3v) is 3.75. The molecule has 1 heterocycles. The van der Waals surface area contributed by atoms with E-state index in [2.05, 4.69) is 31.1 Å². The molecular formula is C16H31N3O2. The molecule has 0 aromatic heterocycles. The first kappa shape index (κ1) is 18.0. The Morgan fingerprint density at radius 1 is 1.00 bits per heavy atom. The standard InChI is InChI=1S/C16H31N3O2/c1-12(2)10-14(17-15(20)11-13(3)4)16(21)19-8-6-18(5)7-9-19/h12-14H,6-11H2,1-5H3,(H,17,20)/t14-/m1/s1. The molecule has 1 aliphatic heterocycles. The number of nitrogens with zero attached hydrogens (tertiary/aromatic N) is 2. The molecule has 1 saturated heterocycles. The fraction of sp³-hybridized carbons (Fsp3) is 0.875. The van der Waals surface area contributed by atoms with Gasteiger partial charge in [-0.05, 0) is 25.3 Å². The van der Waals surface area contributed by atoms with Crippen molar-refractivity contribution < 1.29 is 9.59 Å². The Bertz CT molecular complexity index is 347. The van der Waals surface area contributed by atoms with Crippen LogP contribution >= 0.6 is 0 Å². The molecule has 2 amide bonds. The molecule has 1 atom stereocenters. The van der Waals surface area contributed by atoms with E-state index in [0.29, 0.717) is 24.7 Å². The van der Waals surface area contributed by atoms with Gasteiger partial charge in [0.15, 0.2) is 0 Å². The van der Waals surface area contributed by atoms with Crippen molar-refractivity contribution >= 4 is 11.8 Å². The highest BCUT2D eigenvalue weighted by atomic mass is 16.2. The van der Waals surface area contributed by atoms with E-state index in [1.165, 1.54) is 0 Å². The molecule has 0 aliphatic carbocycles. The molecule has 0 aromatic rings. The molecule has 0 spiro atoms. The largest absolute Gasteiger partial charge is 0.344 e. The maximum Gasteiger partial charge on any atom is 0.245 e. The van der Waals surface area contributed by atoms with Crippen LogP contribution in [0.1, 0.15) is 40.5 Å². The van der Waals surface area contributed by atoms with Crippen LogP contribution in [0, 0.1) is 11.8 Å². The minimum atomic E-state index is -0.375. The SMILES string of the molecule is CC(C)CC(=O)N[C@H](CC(C)C)C(=O)N1CCN(C)CC1. The lowest BCUT2D eigenvalue weighted by molar-refractivity contribution is -0.138. The predicted molar refractivity (Wildman–Crippen MR) is 84.9 cm³/mol. The van der Waals surface area contributed by atoms with Gasteiger partial charge >= 0.3 is 0 Å². The lowest BCUT2D eigenvalue weighted by Crippen LogP contribution is -2.54. The van der Waals surface area contributed by atoms with Gasteiger partial charge in [0.05, 0.1) is 0 Å². The van der Waals surface area contributed by atoms with Crippen LogP contribution in [0.25, 0.3) is 0 Å². The predicted octanol–water partition coefficient (Wildman–Crippen LogP) is 1.34. The second-order valence-electron chi connectivity index (χ2n) is 6.98. The number of amides is 2. The third-order valence-electron chi connectivity index (χ3n) is 3.75. The summed E-state index contributed by atoms with van der Waals surface area (Å²) in [6.45, 7) is 11.5. The summed E-state index contributed by atoms with van der Waals surface area (Å²) >= 11 is 0. The lowest BCUT2D eigenvalue weighted by Gasteiger charge is -2.35. The Morgan fingerprint density at radius 3 is 2.05 bits per heavy atom. The van der Waals surface area contributed by atoms with E-state index in [1.54, 1.807) is 0 Å². The molecule has 1 rings (SSSR count). The third kappa shape index (κ3) is 6.46. The van der Waals surface area contributed by atoms with Crippen LogP contribution in [0.4, 0.5) is 0 Å². The number of carbonyl (C=O) groups excluding carboxylic acids is 2. The van der Waals surface area contributed by atoms with E-state index < -0.39 is 0 Å². The highest BCUT2D eigenvalue weighted by molar-refractivity contribution is 5.87. The number of carbonyl (C=O) groups is 2. The van der Waals surface area contributed by atoms with Crippen molar-refractivity contribution in [2.45, 2.75) is 46.6 Å². The summed E-state index contributed by atoms with van der Waals surface area (Å²) in [5.74, 6) is 0.751. The average molecular weight is 297 g/mol. The van der Waals surface area contributed by atoms with Crippen LogP contribution in [-0.2, 0) is 9.59 Å². The zero-order valence-corrected chi connectivity index (χ0v) is 14.2. The van der Waals surface area contributed by atoms with Crippen molar-refractivity contribution in [3.05, 3.63) is 0 Å². The van der Waals surface area contributed by atoms with E-state index in [9.17, 15) is 9.59 Å². The molecular weight excluding hydrogens is 266 g/mol. The minimum Gasteiger partial charge on any atom is -0.344 e. The molecule has 1 N–H and O–H groups in total. The van der Waals surface area contributed by atoms with Crippen molar-refractivity contribution in [3.8, 4) is 0 Å². The van der Waals surface area contributed by atoms with Crippen molar-refractivity contribution in [1.29, 1.82) is 0 Å². The zero-order chi connectivity index (χ0) is 16.0. The Morgan fingerprint density at radius 2 is 1.57 bits per heavy atom. The first-order valence-corrected chi connectivity index (χ1v) is 8.06. The van der Waals surface area contributed by atoms with Gasteiger partial charge in [-0.1, -0.05) is 27.7 Å². The summed E-state index contributed by atoms with van der Waals surface area (Å²) in [4.78, 5) is 28.8. The number of hydrogen-bond acceptors (Lipinski definition) is 3. The second kappa shape index (κ2) is 8.37. The van der Waals surface area contributed by atoms with Crippen LogP contribution in [0.2, 0.25) is 0 Å². The maximum absolute atomic E-state index is 12.7. The molecule has 1 fully saturated rings. The summed E-state index contributed by atoms with van der Waals surface area (Å²) in [5.41, 5.74) is 0. The first-order chi connectivity index (χ1) is 9.79. The molecule has 0 bridgehead atoms. The monoisotopic (exact) mass is 297 g/mol. The van der Waals surface area contributed by atoms with Crippen molar-refractivity contribution in [2.75, 3.05) is 33.2 Å². The van der Waals surface area contributed by atoms with Crippen LogP contribution in [0.5, 0.6) is 0 Å². The van der Waals surface area contributed by atoms with Crippen molar-refractivity contribution in [2.24, 2.45) is 11.8 Å². The number of nitrogens with one attached hydrogen (secondary N) is 1. The summed E-state index contributed by atoms with van der Waals surface area (Å²) in [6.07, 6.45) is 1.18. The highest BCUT2D eigenvalue weighted by Gasteiger charge is 2.28. The molecule has 1 aliphatic rings. The topological polar surface area (TPSA) is 52.7 Å². The fourth-order valence-corrected chi connectivity index (χ4v) is 2.56.